The van der Waals surface area contributed by atoms with E-state index in [-0.39, 0.29) is 6.04 Å². The highest BCUT2D eigenvalue weighted by molar-refractivity contribution is 5.36. The minimum Gasteiger partial charge on any atom is -0.496 e. The zero-order chi connectivity index (χ0) is 15.2. The Hall–Kier alpha value is -2.01. The first-order valence-corrected chi connectivity index (χ1v) is 7.14. The van der Waals surface area contributed by atoms with Crippen molar-refractivity contribution < 1.29 is 9.47 Å². The van der Waals surface area contributed by atoms with E-state index in [1.165, 1.54) is 0 Å². The third-order valence-corrected chi connectivity index (χ3v) is 3.66. The first-order chi connectivity index (χ1) is 10.2. The number of nitrogens with zero attached hydrogens (tertiary/aromatic N) is 2. The number of hydrogen-bond acceptors (Lipinski definition) is 4. The smallest absolute Gasteiger partial charge is 0.161 e. The Morgan fingerprint density at radius 2 is 1.90 bits per heavy atom. The van der Waals surface area contributed by atoms with Crippen molar-refractivity contribution in [1.29, 1.82) is 0 Å². The van der Waals surface area contributed by atoms with Crippen LogP contribution in [0.2, 0.25) is 0 Å². The summed E-state index contributed by atoms with van der Waals surface area (Å²) in [5.41, 5.74) is 2.22. The summed E-state index contributed by atoms with van der Waals surface area (Å²) < 4.78 is 12.9. The second-order valence-electron chi connectivity index (χ2n) is 4.77. The van der Waals surface area contributed by atoms with Crippen molar-refractivity contribution in [2.24, 2.45) is 0 Å². The third-order valence-electron chi connectivity index (χ3n) is 3.66. The summed E-state index contributed by atoms with van der Waals surface area (Å²) >= 11 is 0. The predicted octanol–water partition coefficient (Wildman–Crippen LogP) is 2.42. The number of ether oxygens (including phenoxy) is 2. The maximum atomic E-state index is 5.45. The lowest BCUT2D eigenvalue weighted by molar-refractivity contribution is 0.389. The van der Waals surface area contributed by atoms with E-state index in [1.54, 1.807) is 20.4 Å². The molecule has 114 valence electrons. The molecule has 2 rings (SSSR count). The van der Waals surface area contributed by atoms with Crippen LogP contribution in [0.3, 0.4) is 0 Å². The number of nitrogens with one attached hydrogen (secondary N) is 1. The van der Waals surface area contributed by atoms with Gasteiger partial charge in [0.1, 0.15) is 5.75 Å². The molecular weight excluding hydrogens is 266 g/mol. The van der Waals surface area contributed by atoms with Gasteiger partial charge in [-0.25, -0.2) is 0 Å². The van der Waals surface area contributed by atoms with E-state index in [9.17, 15) is 0 Å². The van der Waals surface area contributed by atoms with Gasteiger partial charge in [0.05, 0.1) is 32.2 Å². The van der Waals surface area contributed by atoms with Gasteiger partial charge >= 0.3 is 0 Å². The summed E-state index contributed by atoms with van der Waals surface area (Å²) in [4.78, 5) is 0. The molecule has 21 heavy (non-hydrogen) atoms. The lowest BCUT2D eigenvalue weighted by atomic mass is 10.0. The number of hydrogen-bond donors (Lipinski definition) is 1. The monoisotopic (exact) mass is 289 g/mol. The number of benzene rings is 1. The highest BCUT2D eigenvalue weighted by Crippen LogP contribution is 2.30. The van der Waals surface area contributed by atoms with Gasteiger partial charge in [0.15, 0.2) is 5.75 Å². The minimum absolute atomic E-state index is 0.110. The molecule has 0 saturated carbocycles. The van der Waals surface area contributed by atoms with Crippen molar-refractivity contribution in [3.63, 3.8) is 0 Å². The Bertz CT molecular complexity index is 559. The zero-order valence-electron chi connectivity index (χ0n) is 13.1. The van der Waals surface area contributed by atoms with Gasteiger partial charge in [-0.3, -0.25) is 4.68 Å². The molecule has 1 aromatic carbocycles. The van der Waals surface area contributed by atoms with Gasteiger partial charge in [-0.2, -0.15) is 5.10 Å². The van der Waals surface area contributed by atoms with E-state index in [2.05, 4.69) is 23.4 Å². The van der Waals surface area contributed by atoms with E-state index in [1.807, 2.05) is 29.9 Å². The number of rotatable bonds is 7. The first kappa shape index (κ1) is 15.4. The molecule has 0 fully saturated rings. The van der Waals surface area contributed by atoms with Crippen LogP contribution >= 0.6 is 0 Å². The molecule has 0 amide bonds. The Kier molecular flexibility index (Phi) is 5.22. The van der Waals surface area contributed by atoms with E-state index in [0.717, 1.165) is 35.7 Å². The zero-order valence-corrected chi connectivity index (χ0v) is 13.1. The topological polar surface area (TPSA) is 48.3 Å². The van der Waals surface area contributed by atoms with E-state index >= 15 is 0 Å². The largest absolute Gasteiger partial charge is 0.496 e. The van der Waals surface area contributed by atoms with Crippen LogP contribution in [-0.2, 0) is 13.0 Å². The van der Waals surface area contributed by atoms with Crippen molar-refractivity contribution in [3.05, 3.63) is 41.7 Å². The van der Waals surface area contributed by atoms with Crippen LogP contribution < -0.4 is 14.8 Å². The molecule has 1 unspecified atom stereocenters. The van der Waals surface area contributed by atoms with Crippen molar-refractivity contribution in [2.75, 3.05) is 21.3 Å². The molecule has 0 aliphatic rings. The molecule has 5 nitrogen and oxygen atoms in total. The van der Waals surface area contributed by atoms with Gasteiger partial charge in [-0.1, -0.05) is 18.2 Å². The fraction of sp³-hybridized carbons (Fsp3) is 0.438. The molecule has 1 aromatic heterocycles. The molecule has 1 atom stereocenters. The van der Waals surface area contributed by atoms with Gasteiger partial charge in [0.2, 0.25) is 0 Å². The quantitative estimate of drug-likeness (QED) is 0.850. The summed E-state index contributed by atoms with van der Waals surface area (Å²) in [5.74, 6) is 1.71. The highest BCUT2D eigenvalue weighted by Gasteiger charge is 2.21. The standard InChI is InChI=1S/C16H23N3O2/c1-5-19-16(15(21-4)11-18-19)13(17-2)10-12-8-6-7-9-14(12)20-3/h6-9,11,13,17H,5,10H2,1-4H3. The predicted molar refractivity (Wildman–Crippen MR) is 83.0 cm³/mol. The van der Waals surface area contributed by atoms with Gasteiger partial charge in [-0.05, 0) is 32.0 Å². The maximum Gasteiger partial charge on any atom is 0.161 e. The lowest BCUT2D eigenvalue weighted by Gasteiger charge is -2.20. The van der Waals surface area contributed by atoms with Crippen LogP contribution in [0.15, 0.2) is 30.5 Å². The SMILES string of the molecule is CCn1ncc(OC)c1C(Cc1ccccc1OC)NC. The normalized spacial score (nSPS) is 12.2. The molecule has 0 aliphatic heterocycles. The Morgan fingerprint density at radius 1 is 1.19 bits per heavy atom. The molecule has 2 aromatic rings. The number of para-hydroxylation sites is 1. The summed E-state index contributed by atoms with van der Waals surface area (Å²) in [7, 11) is 5.33. The Morgan fingerprint density at radius 3 is 2.52 bits per heavy atom. The van der Waals surface area contributed by atoms with Crippen LogP contribution in [-0.4, -0.2) is 31.0 Å². The summed E-state index contributed by atoms with van der Waals surface area (Å²) in [6.07, 6.45) is 2.58. The lowest BCUT2D eigenvalue weighted by Crippen LogP contribution is -2.23. The molecule has 1 N–H and O–H groups in total. The molecule has 0 bridgehead atoms. The molecule has 0 radical (unpaired) electrons. The fourth-order valence-electron chi connectivity index (χ4n) is 2.57. The number of methoxy groups -OCH3 is 2. The second-order valence-corrected chi connectivity index (χ2v) is 4.77. The summed E-state index contributed by atoms with van der Waals surface area (Å²) in [6.45, 7) is 2.88. The minimum atomic E-state index is 0.110. The van der Waals surface area contributed by atoms with E-state index in [0.29, 0.717) is 0 Å². The maximum absolute atomic E-state index is 5.45. The average Bonchev–Trinajstić information content (AvgIpc) is 2.95. The molecule has 0 spiro atoms. The average molecular weight is 289 g/mol. The first-order valence-electron chi connectivity index (χ1n) is 7.14. The fourth-order valence-corrected chi connectivity index (χ4v) is 2.57. The molecular formula is C16H23N3O2. The van der Waals surface area contributed by atoms with Gasteiger partial charge in [0, 0.05) is 6.54 Å². The summed E-state index contributed by atoms with van der Waals surface area (Å²) in [6, 6.07) is 8.18. The van der Waals surface area contributed by atoms with Crippen molar-refractivity contribution >= 4 is 0 Å². The van der Waals surface area contributed by atoms with Crippen molar-refractivity contribution in [2.45, 2.75) is 25.9 Å². The molecule has 5 heteroatoms. The van der Waals surface area contributed by atoms with Crippen LogP contribution in [0.1, 0.15) is 24.2 Å². The van der Waals surface area contributed by atoms with Crippen molar-refractivity contribution in [3.8, 4) is 11.5 Å². The highest BCUT2D eigenvalue weighted by atomic mass is 16.5. The molecule has 0 aliphatic carbocycles. The van der Waals surface area contributed by atoms with E-state index < -0.39 is 0 Å². The summed E-state index contributed by atoms with van der Waals surface area (Å²) in [5, 5.41) is 7.74. The van der Waals surface area contributed by atoms with Crippen LogP contribution in [0, 0.1) is 0 Å². The Balaban J connectivity index is 2.34. The molecule has 1 heterocycles. The third kappa shape index (κ3) is 3.19. The number of aromatic nitrogens is 2. The van der Waals surface area contributed by atoms with Crippen LogP contribution in [0.25, 0.3) is 0 Å². The Labute approximate surface area is 125 Å². The van der Waals surface area contributed by atoms with Crippen LogP contribution in [0.5, 0.6) is 11.5 Å². The molecule has 0 saturated heterocycles. The van der Waals surface area contributed by atoms with Crippen LogP contribution in [0.4, 0.5) is 0 Å². The van der Waals surface area contributed by atoms with Crippen molar-refractivity contribution in [1.82, 2.24) is 15.1 Å². The second kappa shape index (κ2) is 7.13. The number of likely N-dealkylation sites (N-methyl/N-ethyl adjacent to an activating group) is 1. The van der Waals surface area contributed by atoms with Gasteiger partial charge in [0.25, 0.3) is 0 Å². The van der Waals surface area contributed by atoms with Gasteiger partial charge < -0.3 is 14.8 Å². The van der Waals surface area contributed by atoms with E-state index in [4.69, 9.17) is 9.47 Å². The number of aryl methyl sites for hydroxylation is 1. The van der Waals surface area contributed by atoms with Gasteiger partial charge in [-0.15, -0.1) is 0 Å².